The Morgan fingerprint density at radius 3 is 2.54 bits per heavy atom. The van der Waals surface area contributed by atoms with Crippen molar-refractivity contribution < 1.29 is 23.9 Å². The average Bonchev–Trinajstić information content (AvgIpc) is 3.09. The van der Waals surface area contributed by atoms with E-state index in [1.807, 2.05) is 53.8 Å². The first-order valence-electron chi connectivity index (χ1n) is 10.4. The number of methoxy groups -OCH3 is 1. The van der Waals surface area contributed by atoms with Crippen LogP contribution in [0.3, 0.4) is 0 Å². The van der Waals surface area contributed by atoms with Gasteiger partial charge in [0.05, 0.1) is 32.7 Å². The zero-order chi connectivity index (χ0) is 25.1. The fourth-order valence-corrected chi connectivity index (χ4v) is 5.23. The molecule has 1 saturated heterocycles. The van der Waals surface area contributed by atoms with Crippen LogP contribution in [0.4, 0.5) is 4.79 Å². The highest BCUT2D eigenvalue weighted by Crippen LogP contribution is 2.38. The van der Waals surface area contributed by atoms with Crippen LogP contribution in [0, 0.1) is 10.5 Å². The van der Waals surface area contributed by atoms with Crippen molar-refractivity contribution in [3.8, 4) is 11.5 Å². The highest BCUT2D eigenvalue weighted by Gasteiger charge is 2.35. The summed E-state index contributed by atoms with van der Waals surface area (Å²) >= 11 is 9.03. The van der Waals surface area contributed by atoms with E-state index in [0.717, 1.165) is 22.9 Å². The Labute approximate surface area is 225 Å². The molecule has 1 fully saturated rings. The third kappa shape index (κ3) is 5.55. The fourth-order valence-electron chi connectivity index (χ4n) is 3.44. The molecule has 0 unspecified atom stereocenters. The summed E-state index contributed by atoms with van der Waals surface area (Å²) in [5, 5.41) is -0.0408. The molecule has 1 aliphatic heterocycles. The van der Waals surface area contributed by atoms with Gasteiger partial charge >= 0.3 is 5.97 Å². The van der Waals surface area contributed by atoms with Crippen molar-refractivity contribution in [2.45, 2.75) is 13.5 Å². The van der Waals surface area contributed by atoms with E-state index in [2.05, 4.69) is 0 Å². The van der Waals surface area contributed by atoms with E-state index in [-0.39, 0.29) is 34.0 Å². The van der Waals surface area contributed by atoms with Crippen LogP contribution in [0.15, 0.2) is 65.6 Å². The van der Waals surface area contributed by atoms with E-state index in [9.17, 15) is 14.4 Å². The molecule has 2 amide bonds. The molecule has 0 atom stereocenters. The second kappa shape index (κ2) is 10.8. The van der Waals surface area contributed by atoms with E-state index in [1.165, 1.54) is 12.0 Å². The Balaban J connectivity index is 1.58. The lowest BCUT2D eigenvalue weighted by atomic mass is 10.1. The van der Waals surface area contributed by atoms with Gasteiger partial charge in [0.15, 0.2) is 11.5 Å². The van der Waals surface area contributed by atoms with Crippen LogP contribution in [-0.2, 0) is 11.3 Å². The first-order chi connectivity index (χ1) is 16.8. The van der Waals surface area contributed by atoms with Crippen molar-refractivity contribution in [1.29, 1.82) is 0 Å². The molecule has 0 aromatic heterocycles. The van der Waals surface area contributed by atoms with Gasteiger partial charge in [0.2, 0.25) is 0 Å². The standard InChI is InChI=1S/C26H19ClINO5S/c1-15-7-3-4-8-17(15)14-29-24(30)22(35-26(29)32)13-16-11-20(28)23(21(12-16)33-2)34-25(31)18-9-5-6-10-19(18)27/h3-13H,14H2,1-2H3/b22-13-. The van der Waals surface area contributed by atoms with E-state index < -0.39 is 5.97 Å². The number of esters is 1. The van der Waals surface area contributed by atoms with Gasteiger partial charge in [0.25, 0.3) is 11.1 Å². The number of aryl methyl sites for hydroxylation is 1. The quantitative estimate of drug-likeness (QED) is 0.132. The number of amides is 2. The van der Waals surface area contributed by atoms with Crippen molar-refractivity contribution in [1.82, 2.24) is 4.90 Å². The van der Waals surface area contributed by atoms with Crippen molar-refractivity contribution in [3.63, 3.8) is 0 Å². The predicted octanol–water partition coefficient (Wildman–Crippen LogP) is 6.72. The van der Waals surface area contributed by atoms with Crippen LogP contribution in [0.2, 0.25) is 5.02 Å². The molecule has 9 heteroatoms. The highest BCUT2D eigenvalue weighted by molar-refractivity contribution is 14.1. The molecule has 178 valence electrons. The highest BCUT2D eigenvalue weighted by atomic mass is 127. The summed E-state index contributed by atoms with van der Waals surface area (Å²) in [6, 6.07) is 17.6. The summed E-state index contributed by atoms with van der Waals surface area (Å²) in [6.07, 6.45) is 1.63. The second-order valence-corrected chi connectivity index (χ2v) is 10.2. The number of carbonyl (C=O) groups is 3. The van der Waals surface area contributed by atoms with Crippen LogP contribution in [-0.4, -0.2) is 29.1 Å². The minimum Gasteiger partial charge on any atom is -0.493 e. The predicted molar refractivity (Wildman–Crippen MR) is 145 cm³/mol. The monoisotopic (exact) mass is 619 g/mol. The molecule has 0 radical (unpaired) electrons. The number of benzene rings is 3. The van der Waals surface area contributed by atoms with Crippen molar-refractivity contribution >= 4 is 69.1 Å². The van der Waals surface area contributed by atoms with Crippen LogP contribution in [0.5, 0.6) is 11.5 Å². The molecular weight excluding hydrogens is 601 g/mol. The Morgan fingerprint density at radius 1 is 1.11 bits per heavy atom. The van der Waals surface area contributed by atoms with E-state index in [0.29, 0.717) is 19.8 Å². The lowest BCUT2D eigenvalue weighted by Gasteiger charge is -2.14. The summed E-state index contributed by atoms with van der Waals surface area (Å²) in [6.45, 7) is 2.16. The molecule has 35 heavy (non-hydrogen) atoms. The second-order valence-electron chi connectivity index (χ2n) is 7.60. The third-order valence-electron chi connectivity index (χ3n) is 5.30. The average molecular weight is 620 g/mol. The lowest BCUT2D eigenvalue weighted by Crippen LogP contribution is -2.27. The maximum atomic E-state index is 13.0. The molecule has 3 aromatic carbocycles. The number of ether oxygens (including phenoxy) is 2. The minimum atomic E-state index is -0.614. The van der Waals surface area contributed by atoms with Gasteiger partial charge in [0, 0.05) is 0 Å². The molecule has 1 heterocycles. The molecule has 0 bridgehead atoms. The number of halogens is 2. The molecule has 0 spiro atoms. The van der Waals surface area contributed by atoms with E-state index >= 15 is 0 Å². The molecule has 6 nitrogen and oxygen atoms in total. The number of imide groups is 1. The summed E-state index contributed by atoms with van der Waals surface area (Å²) in [5.41, 5.74) is 2.79. The van der Waals surface area contributed by atoms with Gasteiger partial charge < -0.3 is 9.47 Å². The van der Waals surface area contributed by atoms with E-state index in [4.69, 9.17) is 21.1 Å². The van der Waals surface area contributed by atoms with Gasteiger partial charge in [-0.25, -0.2) is 4.79 Å². The Hall–Kier alpha value is -2.82. The Morgan fingerprint density at radius 2 is 1.83 bits per heavy atom. The van der Waals surface area contributed by atoms with Crippen molar-refractivity contribution in [3.05, 3.63) is 96.4 Å². The fraction of sp³-hybridized carbons (Fsp3) is 0.115. The minimum absolute atomic E-state index is 0.215. The zero-order valence-corrected chi connectivity index (χ0v) is 22.4. The van der Waals surface area contributed by atoms with Crippen LogP contribution < -0.4 is 9.47 Å². The molecule has 4 rings (SSSR count). The molecule has 1 aliphatic rings. The number of hydrogen-bond acceptors (Lipinski definition) is 6. The van der Waals surface area contributed by atoms with Gasteiger partial charge in [-0.15, -0.1) is 0 Å². The number of nitrogens with zero attached hydrogens (tertiary/aromatic N) is 1. The number of thioether (sulfide) groups is 1. The Bertz CT molecular complexity index is 1370. The first-order valence-corrected chi connectivity index (χ1v) is 12.7. The first kappa shape index (κ1) is 25.3. The topological polar surface area (TPSA) is 72.9 Å². The SMILES string of the molecule is COc1cc(/C=C2\SC(=O)N(Cc3ccccc3C)C2=O)cc(I)c1OC(=O)c1ccccc1Cl. The normalized spacial score (nSPS) is 14.5. The van der Waals surface area contributed by atoms with Crippen LogP contribution in [0.25, 0.3) is 6.08 Å². The summed E-state index contributed by atoms with van der Waals surface area (Å²) in [5.74, 6) is -0.422. The van der Waals surface area contributed by atoms with Gasteiger partial charge in [0.1, 0.15) is 0 Å². The molecule has 0 N–H and O–H groups in total. The maximum absolute atomic E-state index is 13.0. The summed E-state index contributed by atoms with van der Waals surface area (Å²) in [7, 11) is 1.46. The van der Waals surface area contributed by atoms with Gasteiger partial charge in [-0.1, -0.05) is 48.0 Å². The van der Waals surface area contributed by atoms with Crippen molar-refractivity contribution in [2.24, 2.45) is 0 Å². The molecular formula is C26H19ClINO5S. The summed E-state index contributed by atoms with van der Waals surface area (Å²) < 4.78 is 11.6. The number of rotatable bonds is 6. The smallest absolute Gasteiger partial charge is 0.345 e. The third-order valence-corrected chi connectivity index (χ3v) is 7.34. The van der Waals surface area contributed by atoms with Crippen LogP contribution >= 0.6 is 46.0 Å². The van der Waals surface area contributed by atoms with Gasteiger partial charge in [-0.2, -0.15) is 0 Å². The van der Waals surface area contributed by atoms with E-state index in [1.54, 1.807) is 42.5 Å². The summed E-state index contributed by atoms with van der Waals surface area (Å²) in [4.78, 5) is 39.7. The Kier molecular flexibility index (Phi) is 7.83. The molecule has 3 aromatic rings. The maximum Gasteiger partial charge on any atom is 0.345 e. The van der Waals surface area contributed by atoms with Crippen LogP contribution in [0.1, 0.15) is 27.0 Å². The van der Waals surface area contributed by atoms with Crippen molar-refractivity contribution in [2.75, 3.05) is 7.11 Å². The number of hydrogen-bond donors (Lipinski definition) is 0. The largest absolute Gasteiger partial charge is 0.493 e. The van der Waals surface area contributed by atoms with Gasteiger partial charge in [-0.05, 0) is 88.3 Å². The van der Waals surface area contributed by atoms with Gasteiger partial charge in [-0.3, -0.25) is 14.5 Å². The molecule has 0 saturated carbocycles. The molecule has 0 aliphatic carbocycles. The number of carbonyl (C=O) groups excluding carboxylic acids is 3. The zero-order valence-electron chi connectivity index (χ0n) is 18.7. The lowest BCUT2D eigenvalue weighted by molar-refractivity contribution is -0.123.